The molecule has 0 saturated heterocycles. The molecule has 1 aliphatic carbocycles. The molecule has 1 fully saturated rings. The van der Waals surface area contributed by atoms with E-state index in [1.165, 1.54) is 0 Å². The molecule has 1 saturated carbocycles. The Labute approximate surface area is 248 Å². The zero-order valence-corrected chi connectivity index (χ0v) is 25.2. The molecule has 10 heteroatoms. The monoisotopic (exact) mass is 580 g/mol. The normalized spacial score (nSPS) is 13.5. The van der Waals surface area contributed by atoms with E-state index in [2.05, 4.69) is 15.6 Å². The maximum atomic E-state index is 13.1. The van der Waals surface area contributed by atoms with Gasteiger partial charge in [0.15, 0.2) is 0 Å². The fraction of sp³-hybridized carbons (Fsp3) is 0.531. The van der Waals surface area contributed by atoms with Gasteiger partial charge in [-0.25, -0.2) is 9.78 Å². The molecular formula is C32H44N4O6. The lowest BCUT2D eigenvalue weighted by Gasteiger charge is -2.24. The molecule has 228 valence electrons. The molecule has 3 amide bonds. The van der Waals surface area contributed by atoms with Crippen LogP contribution < -0.4 is 10.6 Å². The zero-order chi connectivity index (χ0) is 30.5. The van der Waals surface area contributed by atoms with Crippen LogP contribution in [0.1, 0.15) is 77.5 Å². The molecule has 0 spiro atoms. The molecular weight excluding hydrogens is 536 g/mol. The van der Waals surface area contributed by atoms with Crippen molar-refractivity contribution < 1.29 is 28.7 Å². The maximum Gasteiger partial charge on any atom is 0.413 e. The van der Waals surface area contributed by atoms with Crippen molar-refractivity contribution in [2.24, 2.45) is 0 Å². The number of hydrogen-bond donors (Lipinski definition) is 2. The van der Waals surface area contributed by atoms with Crippen molar-refractivity contribution in [2.75, 3.05) is 18.5 Å². The lowest BCUT2D eigenvalue weighted by atomic mass is 10.0. The molecule has 0 bridgehead atoms. The van der Waals surface area contributed by atoms with Gasteiger partial charge in [-0.3, -0.25) is 19.7 Å². The van der Waals surface area contributed by atoms with Crippen LogP contribution in [-0.4, -0.2) is 64.6 Å². The number of aromatic nitrogens is 1. The van der Waals surface area contributed by atoms with Gasteiger partial charge in [0.1, 0.15) is 11.4 Å². The molecule has 10 nitrogen and oxygen atoms in total. The van der Waals surface area contributed by atoms with Crippen molar-refractivity contribution >= 4 is 29.7 Å². The number of ether oxygens (including phenoxy) is 2. The van der Waals surface area contributed by atoms with Gasteiger partial charge in [-0.15, -0.1) is 0 Å². The lowest BCUT2D eigenvalue weighted by Crippen LogP contribution is -2.46. The van der Waals surface area contributed by atoms with Gasteiger partial charge in [-0.05, 0) is 83.9 Å². The summed E-state index contributed by atoms with van der Waals surface area (Å²) in [4.78, 5) is 56.5. The highest BCUT2D eigenvalue weighted by Crippen LogP contribution is 2.27. The summed E-state index contributed by atoms with van der Waals surface area (Å²) in [5.41, 5.74) is 1.25. The van der Waals surface area contributed by atoms with Gasteiger partial charge in [-0.2, -0.15) is 0 Å². The van der Waals surface area contributed by atoms with Gasteiger partial charge < -0.3 is 19.7 Å². The van der Waals surface area contributed by atoms with Crippen molar-refractivity contribution in [2.45, 2.75) is 96.7 Å². The summed E-state index contributed by atoms with van der Waals surface area (Å²) in [6.07, 6.45) is 3.91. The van der Waals surface area contributed by atoms with Crippen LogP contribution in [0.3, 0.4) is 0 Å². The number of benzene rings is 1. The Morgan fingerprint density at radius 2 is 1.76 bits per heavy atom. The second-order valence-electron chi connectivity index (χ2n) is 11.5. The van der Waals surface area contributed by atoms with Crippen molar-refractivity contribution in [3.63, 3.8) is 0 Å². The Morgan fingerprint density at radius 3 is 2.43 bits per heavy atom. The van der Waals surface area contributed by atoms with Crippen LogP contribution in [0.4, 0.5) is 10.6 Å². The van der Waals surface area contributed by atoms with Crippen molar-refractivity contribution in [1.82, 2.24) is 15.2 Å². The van der Waals surface area contributed by atoms with Crippen molar-refractivity contribution in [3.05, 3.63) is 59.8 Å². The highest BCUT2D eigenvalue weighted by molar-refractivity contribution is 5.86. The van der Waals surface area contributed by atoms with E-state index in [0.717, 1.165) is 24.1 Å². The lowest BCUT2D eigenvalue weighted by molar-refractivity contribution is -0.144. The van der Waals surface area contributed by atoms with Crippen molar-refractivity contribution in [1.29, 1.82) is 0 Å². The first-order valence-corrected chi connectivity index (χ1v) is 14.8. The number of esters is 1. The number of pyridine rings is 1. The number of hydrogen-bond acceptors (Lipinski definition) is 7. The Morgan fingerprint density at radius 1 is 1.02 bits per heavy atom. The molecule has 2 N–H and O–H groups in total. The molecule has 1 aromatic carbocycles. The number of anilines is 1. The number of nitrogens with one attached hydrogen (secondary N) is 2. The fourth-order valence-electron chi connectivity index (χ4n) is 4.53. The van der Waals surface area contributed by atoms with Gasteiger partial charge in [0, 0.05) is 24.2 Å². The summed E-state index contributed by atoms with van der Waals surface area (Å²) in [5, 5.41) is 5.61. The molecule has 0 unspecified atom stereocenters. The van der Waals surface area contributed by atoms with E-state index < -0.39 is 11.7 Å². The quantitative estimate of drug-likeness (QED) is 0.289. The average molecular weight is 581 g/mol. The van der Waals surface area contributed by atoms with Gasteiger partial charge in [-0.1, -0.05) is 36.4 Å². The minimum atomic E-state index is -0.615. The molecule has 0 aliphatic heterocycles. The second-order valence-corrected chi connectivity index (χ2v) is 11.5. The molecule has 1 heterocycles. The number of rotatable bonds is 15. The van der Waals surface area contributed by atoms with Gasteiger partial charge in [0.25, 0.3) is 0 Å². The summed E-state index contributed by atoms with van der Waals surface area (Å²) >= 11 is 0. The molecule has 2 aromatic rings. The summed E-state index contributed by atoms with van der Waals surface area (Å²) < 4.78 is 10.4. The summed E-state index contributed by atoms with van der Waals surface area (Å²) in [5.74, 6) is -0.332. The Kier molecular flexibility index (Phi) is 12.3. The first-order chi connectivity index (χ1) is 20.0. The van der Waals surface area contributed by atoms with Crippen LogP contribution >= 0.6 is 0 Å². The predicted octanol–water partition coefficient (Wildman–Crippen LogP) is 4.81. The van der Waals surface area contributed by atoms with Crippen LogP contribution in [0.2, 0.25) is 0 Å². The number of amides is 3. The van der Waals surface area contributed by atoms with Crippen molar-refractivity contribution in [3.8, 4) is 0 Å². The molecule has 0 radical (unpaired) electrons. The van der Waals surface area contributed by atoms with E-state index in [4.69, 9.17) is 9.47 Å². The second kappa shape index (κ2) is 15.9. The first kappa shape index (κ1) is 32.6. The van der Waals surface area contributed by atoms with E-state index in [1.807, 2.05) is 36.4 Å². The largest absolute Gasteiger partial charge is 0.466 e. The van der Waals surface area contributed by atoms with Gasteiger partial charge >= 0.3 is 12.1 Å². The number of carbonyl (C=O) groups is 4. The average Bonchev–Trinajstić information content (AvgIpc) is 3.75. The molecule has 1 atom stereocenters. The third-order valence-electron chi connectivity index (χ3n) is 6.59. The van der Waals surface area contributed by atoms with Gasteiger partial charge in [0.05, 0.1) is 19.6 Å². The van der Waals surface area contributed by atoms with Crippen LogP contribution in [0.15, 0.2) is 48.5 Å². The SMILES string of the molecule is CCOC(=O)C[C@@H](CCc1ccccc1)NC(=O)CN(C(=O)CCCc1cccc(NC(=O)OC(C)(C)C)n1)C1CC1. The van der Waals surface area contributed by atoms with Gasteiger partial charge in [0.2, 0.25) is 11.8 Å². The molecule has 3 rings (SSSR count). The standard InChI is InChI=1S/C32H44N4O6/c1-5-41-30(39)21-25(18-17-23-11-7-6-8-12-23)34-28(37)22-36(26-19-20-26)29(38)16-10-14-24-13-9-15-27(33-24)35-31(40)42-32(2,3)4/h6-9,11-13,15,25-26H,5,10,14,16-22H2,1-4H3,(H,34,37)(H,33,35,40)/t25-/m1/s1. The maximum absolute atomic E-state index is 13.1. The number of aryl methyl sites for hydroxylation is 2. The van der Waals surface area contributed by atoms with Crippen LogP contribution in [-0.2, 0) is 36.7 Å². The minimum absolute atomic E-state index is 0.0400. The Balaban J connectivity index is 1.51. The molecule has 1 aromatic heterocycles. The predicted molar refractivity (Wildman–Crippen MR) is 160 cm³/mol. The van der Waals surface area contributed by atoms with Crippen LogP contribution in [0.5, 0.6) is 0 Å². The zero-order valence-electron chi connectivity index (χ0n) is 25.2. The van der Waals surface area contributed by atoms with E-state index >= 15 is 0 Å². The van der Waals surface area contributed by atoms with Crippen LogP contribution in [0, 0.1) is 0 Å². The van der Waals surface area contributed by atoms with E-state index in [-0.39, 0.29) is 55.9 Å². The summed E-state index contributed by atoms with van der Waals surface area (Å²) in [7, 11) is 0. The summed E-state index contributed by atoms with van der Waals surface area (Å²) in [6, 6.07) is 14.9. The Hall–Kier alpha value is -3.95. The minimum Gasteiger partial charge on any atom is -0.466 e. The molecule has 1 aliphatic rings. The fourth-order valence-corrected chi connectivity index (χ4v) is 4.53. The molecule has 42 heavy (non-hydrogen) atoms. The number of carbonyl (C=O) groups excluding carboxylic acids is 4. The van der Waals surface area contributed by atoms with Crippen LogP contribution in [0.25, 0.3) is 0 Å². The highest BCUT2D eigenvalue weighted by atomic mass is 16.6. The third-order valence-corrected chi connectivity index (χ3v) is 6.59. The third kappa shape index (κ3) is 12.3. The highest BCUT2D eigenvalue weighted by Gasteiger charge is 2.34. The Bertz CT molecular complexity index is 1190. The summed E-state index contributed by atoms with van der Waals surface area (Å²) in [6.45, 7) is 7.36. The van der Waals surface area contributed by atoms with E-state index in [9.17, 15) is 19.2 Å². The number of nitrogens with zero attached hydrogens (tertiary/aromatic N) is 2. The first-order valence-electron chi connectivity index (χ1n) is 14.8. The van der Waals surface area contributed by atoms with E-state index in [0.29, 0.717) is 31.5 Å². The smallest absolute Gasteiger partial charge is 0.413 e. The topological polar surface area (TPSA) is 127 Å². The van der Waals surface area contributed by atoms with E-state index in [1.54, 1.807) is 44.7 Å².